The molecule has 0 radical (unpaired) electrons. The Morgan fingerprint density at radius 3 is 2.63 bits per heavy atom. The number of hydrogen-bond acceptors (Lipinski definition) is 5. The van der Waals surface area contributed by atoms with Crippen LogP contribution in [0, 0.1) is 12.7 Å². The first kappa shape index (κ1) is 22.6. The number of benzene rings is 2. The zero-order valence-corrected chi connectivity index (χ0v) is 19.8. The number of aryl methyl sites for hydroxylation is 1. The zero-order chi connectivity index (χ0) is 24.5. The number of esters is 1. The van der Waals surface area contributed by atoms with Crippen LogP contribution in [0.1, 0.15) is 40.4 Å². The third-order valence-corrected chi connectivity index (χ3v) is 6.11. The van der Waals surface area contributed by atoms with Gasteiger partial charge in [0.05, 0.1) is 37.6 Å². The number of rotatable bonds is 5. The molecule has 1 aliphatic heterocycles. The number of hydrogen-bond donors (Lipinski definition) is 0. The lowest BCUT2D eigenvalue weighted by Crippen LogP contribution is -2.11. The zero-order valence-electron chi connectivity index (χ0n) is 19.8. The molecule has 0 spiro atoms. The fourth-order valence-corrected chi connectivity index (χ4v) is 4.48. The molecule has 4 aromatic rings. The highest BCUT2D eigenvalue weighted by Gasteiger charge is 2.28. The van der Waals surface area contributed by atoms with Gasteiger partial charge in [-0.25, -0.2) is 19.2 Å². The monoisotopic (exact) mass is 472 g/mol. The topological polar surface area (TPSA) is 71.2 Å². The summed E-state index contributed by atoms with van der Waals surface area (Å²) in [5.74, 6) is 0.574. The minimum Gasteiger partial charge on any atom is -0.495 e. The van der Waals surface area contributed by atoms with E-state index in [9.17, 15) is 9.18 Å². The van der Waals surface area contributed by atoms with Crippen molar-refractivity contribution in [1.29, 1.82) is 0 Å². The Hall–Kier alpha value is -4.20. The first-order chi connectivity index (χ1) is 17.0. The molecule has 0 atom stereocenters. The van der Waals surface area contributed by atoms with Gasteiger partial charge in [-0.15, -0.1) is 0 Å². The van der Waals surface area contributed by atoms with Crippen LogP contribution in [0.3, 0.4) is 0 Å². The molecule has 0 bridgehead atoms. The van der Waals surface area contributed by atoms with Gasteiger partial charge in [0, 0.05) is 18.3 Å². The summed E-state index contributed by atoms with van der Waals surface area (Å²) < 4.78 is 28.2. The summed E-state index contributed by atoms with van der Waals surface area (Å²) in [5.41, 5.74) is 5.36. The fourth-order valence-electron chi connectivity index (χ4n) is 4.48. The maximum Gasteiger partial charge on any atom is 0.358 e. The molecule has 0 fully saturated rings. The predicted molar refractivity (Wildman–Crippen MR) is 131 cm³/mol. The van der Waals surface area contributed by atoms with Crippen molar-refractivity contribution in [1.82, 2.24) is 19.1 Å². The van der Waals surface area contributed by atoms with E-state index in [0.717, 1.165) is 41.1 Å². The van der Waals surface area contributed by atoms with Crippen molar-refractivity contribution in [2.24, 2.45) is 0 Å². The summed E-state index contributed by atoms with van der Waals surface area (Å²) >= 11 is 0. The quantitative estimate of drug-likeness (QED) is 0.368. The lowest BCUT2D eigenvalue weighted by molar-refractivity contribution is 0.0595. The largest absolute Gasteiger partial charge is 0.495 e. The van der Waals surface area contributed by atoms with E-state index >= 15 is 0 Å². The molecule has 0 N–H and O–H groups in total. The first-order valence-corrected chi connectivity index (χ1v) is 11.3. The number of methoxy groups -OCH3 is 2. The maximum absolute atomic E-state index is 13.6. The van der Waals surface area contributed by atoms with Gasteiger partial charge in [0.15, 0.2) is 5.69 Å². The summed E-state index contributed by atoms with van der Waals surface area (Å²) in [6, 6.07) is 12.1. The second-order valence-corrected chi connectivity index (χ2v) is 8.41. The summed E-state index contributed by atoms with van der Waals surface area (Å²) in [4.78, 5) is 21.6. The van der Waals surface area contributed by atoms with Crippen LogP contribution in [-0.4, -0.2) is 39.3 Å². The van der Waals surface area contributed by atoms with Crippen molar-refractivity contribution in [2.75, 3.05) is 14.2 Å². The van der Waals surface area contributed by atoms with E-state index in [4.69, 9.17) is 14.5 Å². The molecule has 2 aromatic carbocycles. The molecule has 0 amide bonds. The third kappa shape index (κ3) is 4.23. The molecule has 0 aliphatic carbocycles. The van der Waals surface area contributed by atoms with Gasteiger partial charge < -0.3 is 18.6 Å². The van der Waals surface area contributed by atoms with E-state index in [0.29, 0.717) is 23.6 Å². The van der Waals surface area contributed by atoms with E-state index in [1.165, 1.54) is 19.2 Å². The Balaban J connectivity index is 1.59. The Morgan fingerprint density at radius 2 is 1.94 bits per heavy atom. The Labute approximate surface area is 202 Å². The molecule has 0 saturated carbocycles. The average molecular weight is 473 g/mol. The number of allylic oxidation sites excluding steroid dienone is 1. The Bertz CT molecular complexity index is 1430. The molecule has 0 unspecified atom stereocenters. The lowest BCUT2D eigenvalue weighted by atomic mass is 10.0. The number of aromatic nitrogens is 4. The molecule has 0 saturated heterocycles. The minimum absolute atomic E-state index is 0.227. The molecular formula is C27H25FN4O3. The van der Waals surface area contributed by atoms with Crippen LogP contribution >= 0.6 is 0 Å². The minimum atomic E-state index is -0.521. The molecule has 3 heterocycles. The molecule has 7 nitrogen and oxygen atoms in total. The average Bonchev–Trinajstić information content (AvgIpc) is 3.48. The second kappa shape index (κ2) is 9.21. The molecule has 35 heavy (non-hydrogen) atoms. The Kier molecular flexibility index (Phi) is 5.94. The Morgan fingerprint density at radius 1 is 1.14 bits per heavy atom. The smallest absolute Gasteiger partial charge is 0.358 e. The van der Waals surface area contributed by atoms with Crippen LogP contribution < -0.4 is 4.74 Å². The van der Waals surface area contributed by atoms with Crippen LogP contribution in [0.2, 0.25) is 0 Å². The van der Waals surface area contributed by atoms with Crippen LogP contribution in [0.5, 0.6) is 5.75 Å². The number of carbonyl (C=O) groups is 1. The van der Waals surface area contributed by atoms with E-state index in [1.807, 2.05) is 40.5 Å². The molecule has 1 aliphatic rings. The number of carbonyl (C=O) groups excluding carboxylic acids is 1. The van der Waals surface area contributed by atoms with Crippen molar-refractivity contribution in [2.45, 2.75) is 26.3 Å². The van der Waals surface area contributed by atoms with Gasteiger partial charge in [-0.1, -0.05) is 6.07 Å². The molecular weight excluding hydrogens is 447 g/mol. The van der Waals surface area contributed by atoms with Crippen LogP contribution in [0.15, 0.2) is 55.0 Å². The van der Waals surface area contributed by atoms with Crippen LogP contribution in [0.25, 0.3) is 28.6 Å². The lowest BCUT2D eigenvalue weighted by Gasteiger charge is -2.20. The number of imidazole rings is 2. The van der Waals surface area contributed by atoms with Gasteiger partial charge in [0.25, 0.3) is 0 Å². The number of halogens is 1. The van der Waals surface area contributed by atoms with Crippen molar-refractivity contribution in [3.8, 4) is 22.7 Å². The van der Waals surface area contributed by atoms with Crippen molar-refractivity contribution in [3.05, 3.63) is 83.6 Å². The normalized spacial score (nSPS) is 14.1. The maximum atomic E-state index is 13.6. The first-order valence-electron chi connectivity index (χ1n) is 11.3. The SMILES string of the molecule is COC(=O)c1nc2n(c1-c1ccc(F)cc1)CCCC2=Cc1ccc(-n2cnc(C)c2)c(OC)c1. The fraction of sp³-hybridized carbons (Fsp3) is 0.222. The van der Waals surface area contributed by atoms with Gasteiger partial charge in [-0.05, 0) is 73.4 Å². The standard InChI is InChI=1S/C27H25FN4O3/c1-17-15-31(16-29-17)22-11-6-18(14-23(22)34-2)13-20-5-4-12-32-25(19-7-9-21(28)10-8-19)24(27(33)35-3)30-26(20)32/h6-11,13-16H,4-5,12H2,1-3H3. The second-order valence-electron chi connectivity index (χ2n) is 8.41. The van der Waals surface area contributed by atoms with Gasteiger partial charge in [0.2, 0.25) is 0 Å². The number of ether oxygens (including phenoxy) is 2. The van der Waals surface area contributed by atoms with E-state index in [-0.39, 0.29) is 11.5 Å². The van der Waals surface area contributed by atoms with E-state index < -0.39 is 5.97 Å². The van der Waals surface area contributed by atoms with E-state index in [2.05, 4.69) is 11.1 Å². The van der Waals surface area contributed by atoms with Crippen molar-refractivity contribution in [3.63, 3.8) is 0 Å². The van der Waals surface area contributed by atoms with Gasteiger partial charge in [-0.3, -0.25) is 0 Å². The highest BCUT2D eigenvalue weighted by atomic mass is 19.1. The van der Waals surface area contributed by atoms with Crippen LogP contribution in [0.4, 0.5) is 4.39 Å². The highest BCUT2D eigenvalue weighted by Crippen LogP contribution is 2.36. The summed E-state index contributed by atoms with van der Waals surface area (Å²) in [5, 5.41) is 0. The highest BCUT2D eigenvalue weighted by molar-refractivity contribution is 5.96. The molecule has 2 aromatic heterocycles. The van der Waals surface area contributed by atoms with Gasteiger partial charge >= 0.3 is 5.97 Å². The van der Waals surface area contributed by atoms with E-state index in [1.54, 1.807) is 25.6 Å². The summed E-state index contributed by atoms with van der Waals surface area (Å²) in [6.45, 7) is 2.64. The van der Waals surface area contributed by atoms with Crippen LogP contribution in [-0.2, 0) is 11.3 Å². The predicted octanol–water partition coefficient (Wildman–Crippen LogP) is 5.31. The molecule has 8 heteroatoms. The molecule has 178 valence electrons. The van der Waals surface area contributed by atoms with Crippen molar-refractivity contribution < 1.29 is 18.7 Å². The molecule has 5 rings (SSSR count). The summed E-state index contributed by atoms with van der Waals surface area (Å²) in [6.07, 6.45) is 7.46. The van der Waals surface area contributed by atoms with Gasteiger partial charge in [0.1, 0.15) is 17.4 Å². The third-order valence-electron chi connectivity index (χ3n) is 6.11. The van der Waals surface area contributed by atoms with Crippen molar-refractivity contribution >= 4 is 17.6 Å². The number of fused-ring (bicyclic) bond motifs is 1. The number of nitrogens with zero attached hydrogens (tertiary/aromatic N) is 4. The summed E-state index contributed by atoms with van der Waals surface area (Å²) in [7, 11) is 2.98. The van der Waals surface area contributed by atoms with Gasteiger partial charge in [-0.2, -0.15) is 0 Å².